The fraction of sp³-hybridized carbons (Fsp3) is 0.444. The first kappa shape index (κ1) is 28.1. The maximum absolute atomic E-state index is 12.9. The van der Waals surface area contributed by atoms with E-state index in [9.17, 15) is 19.5 Å². The lowest BCUT2D eigenvalue weighted by atomic mass is 10.1. The number of rotatable bonds is 16. The number of benzene rings is 2. The third-order valence-electron chi connectivity index (χ3n) is 6.32. The zero-order valence-corrected chi connectivity index (χ0v) is 21.4. The fourth-order valence-corrected chi connectivity index (χ4v) is 4.28. The topological polar surface area (TPSA) is 132 Å². The number of ether oxygens (including phenoxy) is 3. The number of nitrogens with two attached hydrogens (primary N) is 1. The summed E-state index contributed by atoms with van der Waals surface area (Å²) in [5.74, 6) is -1.65. The van der Waals surface area contributed by atoms with Gasteiger partial charge in [0.15, 0.2) is 0 Å². The molecule has 0 saturated carbocycles. The zero-order valence-electron chi connectivity index (χ0n) is 21.4. The minimum Gasteiger partial charge on any atom is -0.489 e. The van der Waals surface area contributed by atoms with Gasteiger partial charge in [0.05, 0.1) is 19.8 Å². The van der Waals surface area contributed by atoms with Crippen LogP contribution in [-0.2, 0) is 38.8 Å². The summed E-state index contributed by atoms with van der Waals surface area (Å²) in [6.07, 6.45) is -0.158. The molecule has 0 radical (unpaired) electrons. The number of primary amides is 1. The van der Waals surface area contributed by atoms with Crippen molar-refractivity contribution in [1.29, 1.82) is 0 Å². The second-order valence-corrected chi connectivity index (χ2v) is 8.94. The standard InChI is InChI=1S/C27H35N3O7/c1-35-14-12-29(13-15-36-2)16-19-6-8-20(9-7-19)18-37-24-5-3-4-21-22(24)17-30(26(21)32)23(27(33)34)10-11-25(28)31/h3-9,23H,10-18H2,1-2H3,(H2,28,31)(H,33,34). The lowest BCUT2D eigenvalue weighted by Crippen LogP contribution is -2.42. The lowest BCUT2D eigenvalue weighted by Gasteiger charge is -2.23. The highest BCUT2D eigenvalue weighted by atomic mass is 16.5. The van der Waals surface area contributed by atoms with Crippen LogP contribution in [0, 0.1) is 0 Å². The van der Waals surface area contributed by atoms with Crippen molar-refractivity contribution in [2.75, 3.05) is 40.5 Å². The molecule has 0 aliphatic carbocycles. The van der Waals surface area contributed by atoms with Crippen LogP contribution in [-0.4, -0.2) is 79.3 Å². The smallest absolute Gasteiger partial charge is 0.326 e. The van der Waals surface area contributed by atoms with Gasteiger partial charge in [-0.2, -0.15) is 0 Å². The predicted molar refractivity (Wildman–Crippen MR) is 136 cm³/mol. The Kier molecular flexibility index (Phi) is 10.4. The number of amides is 2. The number of carbonyl (C=O) groups is 3. The molecule has 1 aliphatic heterocycles. The molecule has 2 aromatic rings. The molecule has 3 rings (SSSR count). The van der Waals surface area contributed by atoms with Gasteiger partial charge in [-0.3, -0.25) is 14.5 Å². The molecular weight excluding hydrogens is 478 g/mol. The van der Waals surface area contributed by atoms with Gasteiger partial charge in [0, 0.05) is 51.4 Å². The van der Waals surface area contributed by atoms with E-state index in [-0.39, 0.29) is 19.4 Å². The van der Waals surface area contributed by atoms with Gasteiger partial charge in [0.25, 0.3) is 5.91 Å². The van der Waals surface area contributed by atoms with Crippen LogP contribution < -0.4 is 10.5 Å². The first-order valence-electron chi connectivity index (χ1n) is 12.2. The van der Waals surface area contributed by atoms with Crippen molar-refractivity contribution in [3.63, 3.8) is 0 Å². The second-order valence-electron chi connectivity index (χ2n) is 8.94. The van der Waals surface area contributed by atoms with E-state index < -0.39 is 23.8 Å². The summed E-state index contributed by atoms with van der Waals surface area (Å²) in [6.45, 7) is 4.09. The molecule has 1 atom stereocenters. The summed E-state index contributed by atoms with van der Waals surface area (Å²) in [7, 11) is 3.38. The zero-order chi connectivity index (χ0) is 26.8. The van der Waals surface area contributed by atoms with Crippen LogP contribution in [0.3, 0.4) is 0 Å². The van der Waals surface area contributed by atoms with E-state index in [2.05, 4.69) is 17.0 Å². The van der Waals surface area contributed by atoms with Crippen LogP contribution in [0.5, 0.6) is 5.75 Å². The number of carboxylic acid groups (broad SMARTS) is 1. The van der Waals surface area contributed by atoms with Crippen molar-refractivity contribution in [1.82, 2.24) is 9.80 Å². The van der Waals surface area contributed by atoms with E-state index in [0.717, 1.165) is 30.8 Å². The largest absolute Gasteiger partial charge is 0.489 e. The molecule has 2 amide bonds. The average molecular weight is 514 g/mol. The van der Waals surface area contributed by atoms with Gasteiger partial charge >= 0.3 is 5.97 Å². The Morgan fingerprint density at radius 2 is 1.70 bits per heavy atom. The number of carbonyl (C=O) groups excluding carboxylic acids is 2. The Morgan fingerprint density at radius 3 is 2.30 bits per heavy atom. The van der Waals surface area contributed by atoms with Crippen molar-refractivity contribution >= 4 is 17.8 Å². The third kappa shape index (κ3) is 7.75. The molecule has 1 aliphatic rings. The van der Waals surface area contributed by atoms with Crippen LogP contribution in [0.1, 0.15) is 39.9 Å². The maximum atomic E-state index is 12.9. The van der Waals surface area contributed by atoms with Crippen molar-refractivity contribution in [2.45, 2.75) is 38.6 Å². The van der Waals surface area contributed by atoms with Gasteiger partial charge in [-0.1, -0.05) is 30.3 Å². The number of nitrogens with zero attached hydrogens (tertiary/aromatic N) is 2. The quantitative estimate of drug-likeness (QED) is 0.349. The highest BCUT2D eigenvalue weighted by Gasteiger charge is 2.37. The van der Waals surface area contributed by atoms with Crippen LogP contribution >= 0.6 is 0 Å². The minimum atomic E-state index is -1.17. The first-order chi connectivity index (χ1) is 17.8. The fourth-order valence-electron chi connectivity index (χ4n) is 4.28. The number of fused-ring (bicyclic) bond motifs is 1. The van der Waals surface area contributed by atoms with Crippen molar-refractivity contribution in [2.24, 2.45) is 5.73 Å². The molecule has 200 valence electrons. The van der Waals surface area contributed by atoms with Crippen molar-refractivity contribution < 1.29 is 33.7 Å². The SMILES string of the molecule is COCCN(CCOC)Cc1ccc(COc2cccc3c2CN(C(CCC(N)=O)C(=O)O)C3=O)cc1. The Balaban J connectivity index is 1.64. The van der Waals surface area contributed by atoms with Crippen molar-refractivity contribution in [3.05, 3.63) is 64.7 Å². The van der Waals surface area contributed by atoms with E-state index >= 15 is 0 Å². The third-order valence-corrected chi connectivity index (χ3v) is 6.32. The molecule has 37 heavy (non-hydrogen) atoms. The van der Waals surface area contributed by atoms with E-state index in [1.165, 1.54) is 4.90 Å². The van der Waals surface area contributed by atoms with Gasteiger partial charge in [-0.25, -0.2) is 4.79 Å². The molecule has 10 nitrogen and oxygen atoms in total. The van der Waals surface area contributed by atoms with Gasteiger partial charge in [-0.05, 0) is 29.7 Å². The molecule has 2 aromatic carbocycles. The molecule has 0 saturated heterocycles. The summed E-state index contributed by atoms with van der Waals surface area (Å²) in [5, 5.41) is 9.63. The lowest BCUT2D eigenvalue weighted by molar-refractivity contribution is -0.142. The number of methoxy groups -OCH3 is 2. The minimum absolute atomic E-state index is 0.0404. The normalized spacial score (nSPS) is 13.6. The van der Waals surface area contributed by atoms with Gasteiger partial charge < -0.3 is 30.0 Å². The summed E-state index contributed by atoms with van der Waals surface area (Å²) < 4.78 is 16.5. The number of hydrogen-bond acceptors (Lipinski definition) is 7. The van der Waals surface area contributed by atoms with Gasteiger partial charge in [0.2, 0.25) is 5.91 Å². The molecule has 1 heterocycles. The molecule has 0 fully saturated rings. The average Bonchev–Trinajstić information content (AvgIpc) is 3.21. The monoisotopic (exact) mass is 513 g/mol. The molecule has 0 aromatic heterocycles. The van der Waals surface area contributed by atoms with Gasteiger partial charge in [0.1, 0.15) is 18.4 Å². The summed E-state index contributed by atoms with van der Waals surface area (Å²) >= 11 is 0. The van der Waals surface area contributed by atoms with E-state index in [4.69, 9.17) is 19.9 Å². The summed E-state index contributed by atoms with van der Waals surface area (Å²) in [4.78, 5) is 39.4. The van der Waals surface area contributed by atoms with E-state index in [0.29, 0.717) is 36.7 Å². The van der Waals surface area contributed by atoms with Crippen molar-refractivity contribution in [3.8, 4) is 5.75 Å². The van der Waals surface area contributed by atoms with E-state index in [1.54, 1.807) is 32.4 Å². The Labute approximate surface area is 216 Å². The van der Waals surface area contributed by atoms with Crippen LogP contribution in [0.4, 0.5) is 0 Å². The first-order valence-corrected chi connectivity index (χ1v) is 12.2. The van der Waals surface area contributed by atoms with Crippen LogP contribution in [0.15, 0.2) is 42.5 Å². The highest BCUT2D eigenvalue weighted by Crippen LogP contribution is 2.33. The van der Waals surface area contributed by atoms with Crippen LogP contribution in [0.2, 0.25) is 0 Å². The molecular formula is C27H35N3O7. The summed E-state index contributed by atoms with van der Waals surface area (Å²) in [5.41, 5.74) is 8.36. The number of carboxylic acids is 1. The predicted octanol–water partition coefficient (Wildman–Crippen LogP) is 2.03. The molecule has 1 unspecified atom stereocenters. The van der Waals surface area contributed by atoms with E-state index in [1.807, 2.05) is 12.1 Å². The Bertz CT molecular complexity index is 1070. The number of hydrogen-bond donors (Lipinski definition) is 2. The highest BCUT2D eigenvalue weighted by molar-refractivity contribution is 6.01. The molecule has 0 spiro atoms. The molecule has 3 N–H and O–H groups in total. The maximum Gasteiger partial charge on any atom is 0.326 e. The molecule has 0 bridgehead atoms. The summed E-state index contributed by atoms with van der Waals surface area (Å²) in [6, 6.07) is 12.1. The Morgan fingerprint density at radius 1 is 1.05 bits per heavy atom. The second kappa shape index (κ2) is 13.7. The number of aliphatic carboxylic acids is 1. The Hall–Kier alpha value is -3.47. The van der Waals surface area contributed by atoms with Gasteiger partial charge in [-0.15, -0.1) is 0 Å². The molecule has 10 heteroatoms. The van der Waals surface area contributed by atoms with Crippen LogP contribution in [0.25, 0.3) is 0 Å².